The first-order valence-electron chi connectivity index (χ1n) is 8.55. The number of nitrogens with one attached hydrogen (secondary N) is 2. The minimum absolute atomic E-state index is 0.164. The molecule has 4 N–H and O–H groups in total. The second-order valence-electron chi connectivity index (χ2n) is 6.85. The Kier molecular flexibility index (Phi) is 6.52. The quantitative estimate of drug-likeness (QED) is 0.658. The first-order chi connectivity index (χ1) is 11.8. The molecule has 0 spiro atoms. The molecule has 0 heterocycles. The summed E-state index contributed by atoms with van der Waals surface area (Å²) >= 11 is 0. The smallest absolute Gasteiger partial charge is 0.321 e. The van der Waals surface area contributed by atoms with Crippen LogP contribution in [-0.4, -0.2) is 41.9 Å². The number of carbonyl (C=O) groups is 3. The highest BCUT2D eigenvalue weighted by molar-refractivity contribution is 5.95. The Morgan fingerprint density at radius 1 is 1.20 bits per heavy atom. The van der Waals surface area contributed by atoms with Crippen LogP contribution in [0.25, 0.3) is 0 Å². The SMILES string of the molecule is CC(C)CNC(=O)NC(=O)CN(Cc1ccc(C(N)=O)cc1)C1CC1. The molecule has 0 aromatic heterocycles. The van der Waals surface area contributed by atoms with E-state index in [1.54, 1.807) is 12.1 Å². The molecule has 0 atom stereocenters. The van der Waals surface area contributed by atoms with Gasteiger partial charge in [0.25, 0.3) is 0 Å². The van der Waals surface area contributed by atoms with E-state index >= 15 is 0 Å². The third-order valence-corrected chi connectivity index (χ3v) is 3.96. The summed E-state index contributed by atoms with van der Waals surface area (Å²) in [6, 6.07) is 6.94. The molecule has 1 aromatic rings. The van der Waals surface area contributed by atoms with Gasteiger partial charge in [-0.3, -0.25) is 19.8 Å². The van der Waals surface area contributed by atoms with Gasteiger partial charge < -0.3 is 11.1 Å². The minimum Gasteiger partial charge on any atom is -0.366 e. The summed E-state index contributed by atoms with van der Waals surface area (Å²) in [6.45, 7) is 5.25. The molecular formula is C18H26N4O3. The Morgan fingerprint density at radius 3 is 2.36 bits per heavy atom. The predicted octanol–water partition coefficient (Wildman–Crippen LogP) is 1.23. The first-order valence-corrected chi connectivity index (χ1v) is 8.55. The topological polar surface area (TPSA) is 105 Å². The molecule has 0 bridgehead atoms. The van der Waals surface area contributed by atoms with Crippen molar-refractivity contribution in [2.75, 3.05) is 13.1 Å². The monoisotopic (exact) mass is 346 g/mol. The number of hydrogen-bond donors (Lipinski definition) is 3. The summed E-state index contributed by atoms with van der Waals surface area (Å²) in [5, 5.41) is 5.03. The minimum atomic E-state index is -0.461. The molecular weight excluding hydrogens is 320 g/mol. The van der Waals surface area contributed by atoms with Crippen LogP contribution in [0.5, 0.6) is 0 Å². The van der Waals surface area contributed by atoms with Crippen LogP contribution >= 0.6 is 0 Å². The standard InChI is InChI=1S/C18H26N4O3/c1-12(2)9-20-18(25)21-16(23)11-22(15-7-8-15)10-13-3-5-14(6-4-13)17(19)24/h3-6,12,15H,7-11H2,1-2H3,(H2,19,24)(H2,20,21,23,25). The average Bonchev–Trinajstić information content (AvgIpc) is 3.37. The molecule has 25 heavy (non-hydrogen) atoms. The molecule has 7 nitrogen and oxygen atoms in total. The van der Waals surface area contributed by atoms with Crippen molar-refractivity contribution in [2.24, 2.45) is 11.7 Å². The van der Waals surface area contributed by atoms with Gasteiger partial charge in [-0.2, -0.15) is 0 Å². The number of urea groups is 1. The summed E-state index contributed by atoms with van der Waals surface area (Å²) in [5.74, 6) is -0.452. The number of nitrogens with zero attached hydrogens (tertiary/aromatic N) is 1. The molecule has 1 fully saturated rings. The molecule has 0 unspecified atom stereocenters. The van der Waals surface area contributed by atoms with Crippen LogP contribution < -0.4 is 16.4 Å². The van der Waals surface area contributed by atoms with Gasteiger partial charge in [0.1, 0.15) is 0 Å². The van der Waals surface area contributed by atoms with E-state index in [1.807, 2.05) is 30.9 Å². The zero-order valence-corrected chi connectivity index (χ0v) is 14.7. The van der Waals surface area contributed by atoms with E-state index in [1.165, 1.54) is 0 Å². The van der Waals surface area contributed by atoms with Gasteiger partial charge in [-0.05, 0) is 36.5 Å². The number of hydrogen-bond acceptors (Lipinski definition) is 4. The van der Waals surface area contributed by atoms with Gasteiger partial charge in [-0.25, -0.2) is 4.79 Å². The van der Waals surface area contributed by atoms with Crippen LogP contribution in [0.3, 0.4) is 0 Å². The van der Waals surface area contributed by atoms with Crippen molar-refractivity contribution in [1.82, 2.24) is 15.5 Å². The normalized spacial score (nSPS) is 13.8. The van der Waals surface area contributed by atoms with Gasteiger partial charge >= 0.3 is 6.03 Å². The van der Waals surface area contributed by atoms with Gasteiger partial charge in [0.05, 0.1) is 6.54 Å². The fourth-order valence-corrected chi connectivity index (χ4v) is 2.45. The Bertz CT molecular complexity index is 624. The summed E-state index contributed by atoms with van der Waals surface area (Å²) in [5.41, 5.74) is 6.69. The maximum absolute atomic E-state index is 12.1. The molecule has 2 rings (SSSR count). The largest absolute Gasteiger partial charge is 0.366 e. The molecule has 4 amide bonds. The number of benzene rings is 1. The lowest BCUT2D eigenvalue weighted by Crippen LogP contribution is -2.45. The lowest BCUT2D eigenvalue weighted by Gasteiger charge is -2.21. The maximum atomic E-state index is 12.1. The maximum Gasteiger partial charge on any atom is 0.321 e. The molecule has 1 saturated carbocycles. The Labute approximate surface area is 147 Å². The summed E-state index contributed by atoms with van der Waals surface area (Å²) < 4.78 is 0. The van der Waals surface area contributed by atoms with Gasteiger partial charge in [0.2, 0.25) is 11.8 Å². The van der Waals surface area contributed by atoms with E-state index in [9.17, 15) is 14.4 Å². The fourth-order valence-electron chi connectivity index (χ4n) is 2.45. The van der Waals surface area contributed by atoms with Gasteiger partial charge in [0, 0.05) is 24.7 Å². The van der Waals surface area contributed by atoms with Crippen molar-refractivity contribution >= 4 is 17.8 Å². The van der Waals surface area contributed by atoms with E-state index in [-0.39, 0.29) is 12.5 Å². The van der Waals surface area contributed by atoms with E-state index in [4.69, 9.17) is 5.73 Å². The van der Waals surface area contributed by atoms with Crippen LogP contribution in [0.4, 0.5) is 4.79 Å². The van der Waals surface area contributed by atoms with Gasteiger partial charge in [0.15, 0.2) is 0 Å². The number of carbonyl (C=O) groups excluding carboxylic acids is 3. The van der Waals surface area contributed by atoms with E-state index in [0.717, 1.165) is 18.4 Å². The van der Waals surface area contributed by atoms with Crippen LogP contribution in [0.1, 0.15) is 42.6 Å². The third-order valence-electron chi connectivity index (χ3n) is 3.96. The van der Waals surface area contributed by atoms with Crippen molar-refractivity contribution in [1.29, 1.82) is 0 Å². The van der Waals surface area contributed by atoms with Crippen LogP contribution in [0.2, 0.25) is 0 Å². The van der Waals surface area contributed by atoms with Gasteiger partial charge in [-0.15, -0.1) is 0 Å². The number of nitrogens with two attached hydrogens (primary N) is 1. The third kappa shape index (κ3) is 6.54. The van der Waals surface area contributed by atoms with Crippen molar-refractivity contribution in [2.45, 2.75) is 39.3 Å². The summed E-state index contributed by atoms with van der Waals surface area (Å²) in [6.07, 6.45) is 2.10. The van der Waals surface area contributed by atoms with Crippen LogP contribution in [-0.2, 0) is 11.3 Å². The number of imide groups is 1. The number of rotatable bonds is 8. The van der Waals surface area contributed by atoms with Crippen LogP contribution in [0.15, 0.2) is 24.3 Å². The molecule has 0 radical (unpaired) electrons. The highest BCUT2D eigenvalue weighted by atomic mass is 16.2. The van der Waals surface area contributed by atoms with Crippen molar-refractivity contribution in [3.05, 3.63) is 35.4 Å². The zero-order chi connectivity index (χ0) is 18.4. The second kappa shape index (κ2) is 8.62. The number of amides is 4. The highest BCUT2D eigenvalue weighted by Crippen LogP contribution is 2.28. The Hall–Kier alpha value is -2.41. The molecule has 7 heteroatoms. The Balaban J connectivity index is 1.87. The summed E-state index contributed by atoms with van der Waals surface area (Å²) in [7, 11) is 0. The highest BCUT2D eigenvalue weighted by Gasteiger charge is 2.30. The van der Waals surface area contributed by atoms with Crippen LogP contribution in [0, 0.1) is 5.92 Å². The van der Waals surface area contributed by atoms with Crippen molar-refractivity contribution in [3.63, 3.8) is 0 Å². The lowest BCUT2D eigenvalue weighted by atomic mass is 10.1. The molecule has 1 aliphatic rings. The number of primary amides is 1. The van der Waals surface area contributed by atoms with Gasteiger partial charge in [-0.1, -0.05) is 26.0 Å². The predicted molar refractivity (Wildman–Crippen MR) is 94.8 cm³/mol. The van der Waals surface area contributed by atoms with Crippen molar-refractivity contribution in [3.8, 4) is 0 Å². The zero-order valence-electron chi connectivity index (χ0n) is 14.7. The van der Waals surface area contributed by atoms with E-state index < -0.39 is 11.9 Å². The average molecular weight is 346 g/mol. The molecule has 0 saturated heterocycles. The molecule has 136 valence electrons. The molecule has 1 aromatic carbocycles. The molecule has 0 aliphatic heterocycles. The molecule has 1 aliphatic carbocycles. The van der Waals surface area contributed by atoms with E-state index in [2.05, 4.69) is 10.6 Å². The van der Waals surface area contributed by atoms with E-state index in [0.29, 0.717) is 30.6 Å². The first kappa shape index (κ1) is 18.9. The lowest BCUT2D eigenvalue weighted by molar-refractivity contribution is -0.121. The summed E-state index contributed by atoms with van der Waals surface area (Å²) in [4.78, 5) is 36.9. The van der Waals surface area contributed by atoms with Crippen molar-refractivity contribution < 1.29 is 14.4 Å². The fraction of sp³-hybridized carbons (Fsp3) is 0.500. The Morgan fingerprint density at radius 2 is 1.84 bits per heavy atom. The second-order valence-corrected chi connectivity index (χ2v) is 6.85.